The zero-order valence-corrected chi connectivity index (χ0v) is 5.14. The molecule has 0 amide bonds. The Labute approximate surface area is 65.7 Å². The topological polar surface area (TPSA) is 43.4 Å². The van der Waals surface area contributed by atoms with Crippen LogP contribution in [0.25, 0.3) is 0 Å². The average Bonchev–Trinajstić information content (AvgIpc) is 1.85. The molecule has 0 aliphatic carbocycles. The summed E-state index contributed by atoms with van der Waals surface area (Å²) in [5, 5.41) is 0. The third-order valence-electron chi connectivity index (χ3n) is 0.853. The number of cyclic esters (lactones) is 2. The van der Waals surface area contributed by atoms with E-state index in [0.717, 1.165) is 0 Å². The van der Waals surface area contributed by atoms with Gasteiger partial charge in [0.2, 0.25) is 0 Å². The molecule has 0 N–H and O–H groups in total. The van der Waals surface area contributed by atoms with Crippen molar-refractivity contribution in [3.05, 3.63) is 12.2 Å². The second-order valence-electron chi connectivity index (χ2n) is 1.54. The van der Waals surface area contributed by atoms with Crippen LogP contribution in [0.4, 0.5) is 0 Å². The van der Waals surface area contributed by atoms with E-state index >= 15 is 0 Å². The second-order valence-corrected chi connectivity index (χ2v) is 1.54. The summed E-state index contributed by atoms with van der Waals surface area (Å²) in [6.45, 7) is 3.29. The smallest absolute Gasteiger partial charge is 1.00 e. The van der Waals surface area contributed by atoms with Crippen molar-refractivity contribution >= 4 is 11.9 Å². The van der Waals surface area contributed by atoms with Crippen LogP contribution < -0.4 is 18.9 Å². The molecule has 1 aliphatic heterocycles. The summed E-state index contributed by atoms with van der Waals surface area (Å²) in [5.74, 6) is -1.09. The molecule has 9 heavy (non-hydrogen) atoms. The van der Waals surface area contributed by atoms with Crippen LogP contribution in [-0.4, -0.2) is 11.9 Å². The van der Waals surface area contributed by atoms with Crippen LogP contribution in [0.1, 0.15) is 7.85 Å². The van der Waals surface area contributed by atoms with Gasteiger partial charge in [0.1, 0.15) is 0 Å². The molecule has 0 saturated carbocycles. The Hall–Kier alpha value is -0.523. The summed E-state index contributed by atoms with van der Waals surface area (Å²) in [4.78, 5) is 20.4. The molecule has 0 aromatic rings. The number of carbonyl (C=O) groups is 2. The first-order chi connectivity index (χ1) is 3.70. The van der Waals surface area contributed by atoms with Gasteiger partial charge in [0.15, 0.2) is 0 Å². The van der Waals surface area contributed by atoms with Gasteiger partial charge in [-0.3, -0.25) is 4.79 Å². The van der Waals surface area contributed by atoms with Gasteiger partial charge in [-0.15, -0.1) is 0 Å². The number of ether oxygens (including phenoxy) is 1. The molecule has 0 atom stereocenters. The standard InChI is InChI=1S/C5H4O3.Li.H/c1-3-2-4(6)8-5(3)7;;/h1-2H2;;/q;+1;-1. The van der Waals surface area contributed by atoms with Crippen LogP contribution in [0.5, 0.6) is 0 Å². The van der Waals surface area contributed by atoms with Crippen molar-refractivity contribution in [1.82, 2.24) is 0 Å². The average molecular weight is 120 g/mol. The summed E-state index contributed by atoms with van der Waals surface area (Å²) < 4.78 is 4.10. The molecule has 3 nitrogen and oxygen atoms in total. The Morgan fingerprint density at radius 3 is 2.22 bits per heavy atom. The maximum absolute atomic E-state index is 10.2. The Balaban J connectivity index is 0. The number of carbonyl (C=O) groups excluding carboxylic acids is 2. The number of rotatable bonds is 0. The quantitative estimate of drug-likeness (QED) is 0.149. The van der Waals surface area contributed by atoms with E-state index in [9.17, 15) is 9.59 Å². The molecule has 1 aliphatic rings. The van der Waals surface area contributed by atoms with Crippen molar-refractivity contribution in [2.45, 2.75) is 6.42 Å². The van der Waals surface area contributed by atoms with Gasteiger partial charge in [-0.25, -0.2) is 4.79 Å². The Bertz CT molecular complexity index is 160. The van der Waals surface area contributed by atoms with Crippen molar-refractivity contribution in [3.63, 3.8) is 0 Å². The van der Waals surface area contributed by atoms with Crippen molar-refractivity contribution in [2.24, 2.45) is 0 Å². The molecule has 0 bridgehead atoms. The molecule has 44 valence electrons. The zero-order chi connectivity index (χ0) is 6.15. The van der Waals surface area contributed by atoms with Gasteiger partial charge < -0.3 is 6.16 Å². The normalized spacial score (nSPS) is 17.1. The minimum Gasteiger partial charge on any atom is -1.00 e. The van der Waals surface area contributed by atoms with Gasteiger partial charge >= 0.3 is 30.8 Å². The van der Waals surface area contributed by atoms with Crippen molar-refractivity contribution in [3.8, 4) is 0 Å². The van der Waals surface area contributed by atoms with E-state index in [1.807, 2.05) is 0 Å². The minimum absolute atomic E-state index is 0. The number of hydrogen-bond acceptors (Lipinski definition) is 3. The summed E-state index contributed by atoms with van der Waals surface area (Å²) in [6.07, 6.45) is 0.0544. The molecule has 1 saturated heterocycles. The molecular formula is C5H5LiO3. The largest absolute Gasteiger partial charge is 1.00 e. The molecule has 1 fully saturated rings. The summed E-state index contributed by atoms with van der Waals surface area (Å²) >= 11 is 0. The molecular weight excluding hydrogens is 115 g/mol. The monoisotopic (exact) mass is 120 g/mol. The molecule has 4 heteroatoms. The zero-order valence-electron chi connectivity index (χ0n) is 6.14. The van der Waals surface area contributed by atoms with E-state index in [1.165, 1.54) is 0 Å². The van der Waals surface area contributed by atoms with E-state index in [0.29, 0.717) is 0 Å². The molecule has 1 rings (SSSR count). The SMILES string of the molecule is C=C1CC(=O)OC1=O.[H-].[Li+]. The maximum atomic E-state index is 10.2. The second kappa shape index (κ2) is 2.86. The fourth-order valence-electron chi connectivity index (χ4n) is 0.458. The van der Waals surface area contributed by atoms with E-state index in [1.54, 1.807) is 0 Å². The Morgan fingerprint density at radius 1 is 1.56 bits per heavy atom. The van der Waals surface area contributed by atoms with Crippen LogP contribution in [0.2, 0.25) is 0 Å². The van der Waals surface area contributed by atoms with E-state index in [2.05, 4.69) is 11.3 Å². The van der Waals surface area contributed by atoms with E-state index in [-0.39, 0.29) is 32.3 Å². The third-order valence-corrected chi connectivity index (χ3v) is 0.853. The van der Waals surface area contributed by atoms with E-state index < -0.39 is 11.9 Å². The van der Waals surface area contributed by atoms with Gasteiger partial charge in [0, 0.05) is 5.57 Å². The van der Waals surface area contributed by atoms with Gasteiger partial charge in [-0.1, -0.05) is 6.58 Å². The van der Waals surface area contributed by atoms with Gasteiger partial charge in [0.25, 0.3) is 0 Å². The third kappa shape index (κ3) is 1.70. The van der Waals surface area contributed by atoms with Crippen LogP contribution in [-0.2, 0) is 14.3 Å². The molecule has 1 heterocycles. The molecule has 0 radical (unpaired) electrons. The van der Waals surface area contributed by atoms with Gasteiger partial charge in [-0.2, -0.15) is 0 Å². The first-order valence-corrected chi connectivity index (χ1v) is 2.13. The maximum Gasteiger partial charge on any atom is 1.00 e. The van der Waals surface area contributed by atoms with Crippen LogP contribution >= 0.6 is 0 Å². The first-order valence-electron chi connectivity index (χ1n) is 2.13. The van der Waals surface area contributed by atoms with Crippen LogP contribution in [0.15, 0.2) is 12.2 Å². The van der Waals surface area contributed by atoms with Crippen LogP contribution in [0.3, 0.4) is 0 Å². The van der Waals surface area contributed by atoms with Crippen molar-refractivity contribution in [1.29, 1.82) is 0 Å². The predicted molar refractivity (Wildman–Crippen MR) is 26.0 cm³/mol. The van der Waals surface area contributed by atoms with Gasteiger partial charge in [0.05, 0.1) is 6.42 Å². The summed E-state index contributed by atoms with van der Waals surface area (Å²) in [7, 11) is 0. The van der Waals surface area contributed by atoms with Crippen molar-refractivity contribution in [2.75, 3.05) is 0 Å². The fraction of sp³-hybridized carbons (Fsp3) is 0.200. The number of esters is 2. The first kappa shape index (κ1) is 8.48. The van der Waals surface area contributed by atoms with E-state index in [4.69, 9.17) is 0 Å². The Kier molecular flexibility index (Phi) is 2.69. The van der Waals surface area contributed by atoms with Crippen molar-refractivity contribution < 1.29 is 34.6 Å². The summed E-state index contributed by atoms with van der Waals surface area (Å²) in [5.41, 5.74) is 0.245. The number of hydrogen-bond donors (Lipinski definition) is 0. The predicted octanol–water partition coefficient (Wildman–Crippen LogP) is -2.87. The Morgan fingerprint density at radius 2 is 2.11 bits per heavy atom. The molecule has 0 unspecified atom stereocenters. The van der Waals surface area contributed by atoms with Gasteiger partial charge in [-0.05, 0) is 0 Å². The fourth-order valence-corrected chi connectivity index (χ4v) is 0.458. The summed E-state index contributed by atoms with van der Waals surface area (Å²) in [6, 6.07) is 0. The minimum atomic E-state index is -0.588. The molecule has 0 spiro atoms. The molecule has 0 aromatic carbocycles. The molecule has 0 aromatic heterocycles. The van der Waals surface area contributed by atoms with Crippen LogP contribution in [0, 0.1) is 0 Å².